The molecule has 5 heteroatoms. The van der Waals surface area contributed by atoms with Crippen LogP contribution in [0.15, 0.2) is 16.6 Å². The van der Waals surface area contributed by atoms with Gasteiger partial charge in [0.2, 0.25) is 0 Å². The normalized spacial score (nSPS) is 30.6. The molecule has 2 fully saturated rings. The van der Waals surface area contributed by atoms with Crippen LogP contribution in [0.1, 0.15) is 26.7 Å². The smallest absolute Gasteiger partial charge is 0.147 e. The molecule has 1 aliphatic carbocycles. The number of halogens is 3. The molecule has 1 heterocycles. The van der Waals surface area contributed by atoms with Crippen molar-refractivity contribution in [2.75, 3.05) is 18.0 Å². The van der Waals surface area contributed by atoms with E-state index in [9.17, 15) is 8.78 Å². The Kier molecular flexibility index (Phi) is 3.53. The molecule has 0 bridgehead atoms. The molecule has 20 heavy (non-hydrogen) atoms. The lowest BCUT2D eigenvalue weighted by Gasteiger charge is -2.47. The summed E-state index contributed by atoms with van der Waals surface area (Å²) in [7, 11) is 0. The van der Waals surface area contributed by atoms with Gasteiger partial charge in [-0.25, -0.2) is 8.78 Å². The highest BCUT2D eigenvalue weighted by Crippen LogP contribution is 2.42. The van der Waals surface area contributed by atoms with Gasteiger partial charge in [0.05, 0.1) is 10.2 Å². The molecule has 3 rings (SSSR count). The Morgan fingerprint density at radius 1 is 1.30 bits per heavy atom. The van der Waals surface area contributed by atoms with Crippen LogP contribution < -0.4 is 10.2 Å². The average molecular weight is 345 g/mol. The maximum absolute atomic E-state index is 14.2. The van der Waals surface area contributed by atoms with Crippen LogP contribution in [-0.2, 0) is 0 Å². The summed E-state index contributed by atoms with van der Waals surface area (Å²) in [4.78, 5) is 2.00. The summed E-state index contributed by atoms with van der Waals surface area (Å²) in [6, 6.07) is 2.67. The van der Waals surface area contributed by atoms with Gasteiger partial charge >= 0.3 is 0 Å². The summed E-state index contributed by atoms with van der Waals surface area (Å²) < 4.78 is 28.1. The standard InChI is InChI=1S/C15H19BrF2N2/c1-9-7-19-15(2,10-3-4-10)8-20(9)14-6-12(17)11(16)5-13(14)18/h5-6,9-10,19H,3-4,7-8H2,1-2H3. The van der Waals surface area contributed by atoms with E-state index >= 15 is 0 Å². The Morgan fingerprint density at radius 2 is 2.00 bits per heavy atom. The summed E-state index contributed by atoms with van der Waals surface area (Å²) in [6.07, 6.45) is 2.45. The van der Waals surface area contributed by atoms with E-state index < -0.39 is 5.82 Å². The molecule has 1 saturated carbocycles. The number of nitrogens with one attached hydrogen (secondary N) is 1. The number of piperazine rings is 1. The van der Waals surface area contributed by atoms with E-state index in [0.29, 0.717) is 11.6 Å². The van der Waals surface area contributed by atoms with Crippen LogP contribution in [0.4, 0.5) is 14.5 Å². The first-order chi connectivity index (χ1) is 9.40. The summed E-state index contributed by atoms with van der Waals surface area (Å²) in [5.41, 5.74) is 0.370. The Labute approximate surface area is 126 Å². The van der Waals surface area contributed by atoms with Crippen molar-refractivity contribution in [3.8, 4) is 0 Å². The predicted molar refractivity (Wildman–Crippen MR) is 80.0 cm³/mol. The van der Waals surface area contributed by atoms with Crippen LogP contribution in [0, 0.1) is 17.6 Å². The van der Waals surface area contributed by atoms with Crippen LogP contribution in [-0.4, -0.2) is 24.7 Å². The van der Waals surface area contributed by atoms with E-state index in [-0.39, 0.29) is 21.9 Å². The lowest BCUT2D eigenvalue weighted by molar-refractivity contribution is 0.259. The van der Waals surface area contributed by atoms with Crippen LogP contribution in [0.5, 0.6) is 0 Å². The lowest BCUT2D eigenvalue weighted by Crippen LogP contribution is -2.63. The zero-order valence-electron chi connectivity index (χ0n) is 11.7. The molecule has 1 N–H and O–H groups in total. The maximum Gasteiger partial charge on any atom is 0.147 e. The minimum absolute atomic E-state index is 0.00248. The SMILES string of the molecule is CC1CNC(C)(C2CC2)CN1c1cc(F)c(Br)cc1F. The first-order valence-electron chi connectivity index (χ1n) is 7.07. The molecule has 0 amide bonds. The van der Waals surface area contributed by atoms with Crippen LogP contribution in [0.2, 0.25) is 0 Å². The number of nitrogens with zero attached hydrogens (tertiary/aromatic N) is 1. The molecule has 1 aliphatic heterocycles. The molecular formula is C15H19BrF2N2. The topological polar surface area (TPSA) is 15.3 Å². The number of rotatable bonds is 2. The van der Waals surface area contributed by atoms with Gasteiger partial charge in [-0.15, -0.1) is 0 Å². The Balaban J connectivity index is 1.93. The van der Waals surface area contributed by atoms with Crippen molar-refractivity contribution in [3.63, 3.8) is 0 Å². The zero-order valence-corrected chi connectivity index (χ0v) is 13.3. The molecule has 0 radical (unpaired) electrons. The van der Waals surface area contributed by atoms with Crippen molar-refractivity contribution in [3.05, 3.63) is 28.2 Å². The first kappa shape index (κ1) is 14.3. The second-order valence-corrected chi connectivity index (χ2v) is 7.12. The highest BCUT2D eigenvalue weighted by molar-refractivity contribution is 9.10. The van der Waals surface area contributed by atoms with Crippen LogP contribution in [0.3, 0.4) is 0 Å². The summed E-state index contributed by atoms with van der Waals surface area (Å²) in [5.74, 6) is -0.133. The molecule has 1 aromatic carbocycles. The monoisotopic (exact) mass is 344 g/mol. The summed E-state index contributed by atoms with van der Waals surface area (Å²) in [6.45, 7) is 5.75. The van der Waals surface area contributed by atoms with Crippen molar-refractivity contribution in [2.24, 2.45) is 5.92 Å². The van der Waals surface area contributed by atoms with Crippen molar-refractivity contribution in [2.45, 2.75) is 38.3 Å². The van der Waals surface area contributed by atoms with Gasteiger partial charge in [0.15, 0.2) is 0 Å². The predicted octanol–water partition coefficient (Wildman–Crippen LogP) is 3.69. The molecular weight excluding hydrogens is 326 g/mol. The first-order valence-corrected chi connectivity index (χ1v) is 7.86. The fraction of sp³-hybridized carbons (Fsp3) is 0.600. The fourth-order valence-corrected chi connectivity index (χ4v) is 3.42. The average Bonchev–Trinajstić information content (AvgIpc) is 3.22. The summed E-state index contributed by atoms with van der Waals surface area (Å²) in [5, 5.41) is 3.59. The van der Waals surface area contributed by atoms with E-state index in [0.717, 1.165) is 13.1 Å². The van der Waals surface area contributed by atoms with E-state index in [4.69, 9.17) is 0 Å². The van der Waals surface area contributed by atoms with Gasteiger partial charge < -0.3 is 10.2 Å². The third kappa shape index (κ3) is 2.46. The Hall–Kier alpha value is -0.680. The second kappa shape index (κ2) is 4.95. The van der Waals surface area contributed by atoms with Gasteiger partial charge in [-0.1, -0.05) is 0 Å². The van der Waals surface area contributed by atoms with Gasteiger partial charge in [-0.3, -0.25) is 0 Å². The van der Waals surface area contributed by atoms with Crippen LogP contribution >= 0.6 is 15.9 Å². The molecule has 2 unspecified atom stereocenters. The molecule has 1 saturated heterocycles. The maximum atomic E-state index is 14.2. The fourth-order valence-electron chi connectivity index (χ4n) is 3.11. The van der Waals surface area contributed by atoms with Crippen molar-refractivity contribution in [1.29, 1.82) is 0 Å². The molecule has 2 atom stereocenters. The molecule has 2 nitrogen and oxygen atoms in total. The molecule has 0 aromatic heterocycles. The second-order valence-electron chi connectivity index (χ2n) is 6.27. The van der Waals surface area contributed by atoms with Crippen molar-refractivity contribution >= 4 is 21.6 Å². The largest absolute Gasteiger partial charge is 0.363 e. The van der Waals surface area contributed by atoms with Gasteiger partial charge in [0.1, 0.15) is 11.6 Å². The highest BCUT2D eigenvalue weighted by Gasteiger charge is 2.45. The van der Waals surface area contributed by atoms with E-state index in [1.54, 1.807) is 0 Å². The van der Waals surface area contributed by atoms with E-state index in [1.165, 1.54) is 25.0 Å². The minimum Gasteiger partial charge on any atom is -0.363 e. The van der Waals surface area contributed by atoms with Gasteiger partial charge in [-0.05, 0) is 54.6 Å². The third-order valence-electron chi connectivity index (χ3n) is 4.61. The third-order valence-corrected chi connectivity index (χ3v) is 5.22. The van der Waals surface area contributed by atoms with Crippen molar-refractivity contribution < 1.29 is 8.78 Å². The Morgan fingerprint density at radius 3 is 2.65 bits per heavy atom. The number of hydrogen-bond donors (Lipinski definition) is 1. The van der Waals surface area contributed by atoms with Gasteiger partial charge in [-0.2, -0.15) is 0 Å². The number of benzene rings is 1. The highest BCUT2D eigenvalue weighted by atomic mass is 79.9. The van der Waals surface area contributed by atoms with E-state index in [2.05, 4.69) is 28.2 Å². The van der Waals surface area contributed by atoms with Crippen LogP contribution in [0.25, 0.3) is 0 Å². The lowest BCUT2D eigenvalue weighted by atomic mass is 9.91. The molecule has 1 aromatic rings. The van der Waals surface area contributed by atoms with E-state index in [1.807, 2.05) is 11.8 Å². The molecule has 2 aliphatic rings. The molecule has 110 valence electrons. The number of hydrogen-bond acceptors (Lipinski definition) is 2. The Bertz CT molecular complexity index is 533. The zero-order chi connectivity index (χ0) is 14.5. The minimum atomic E-state index is -0.416. The quantitative estimate of drug-likeness (QED) is 0.823. The number of anilines is 1. The molecule has 0 spiro atoms. The van der Waals surface area contributed by atoms with Gasteiger partial charge in [0, 0.05) is 30.7 Å². The van der Waals surface area contributed by atoms with Crippen molar-refractivity contribution in [1.82, 2.24) is 5.32 Å². The summed E-state index contributed by atoms with van der Waals surface area (Å²) >= 11 is 3.03. The van der Waals surface area contributed by atoms with Gasteiger partial charge in [0.25, 0.3) is 0 Å².